The Morgan fingerprint density at radius 2 is 2.14 bits per heavy atom. The third kappa shape index (κ3) is 3.63. The summed E-state index contributed by atoms with van der Waals surface area (Å²) in [6.45, 7) is -0.0197. The molecule has 0 amide bonds. The molecule has 1 aromatic carbocycles. The van der Waals surface area contributed by atoms with Crippen molar-refractivity contribution >= 4 is 27.6 Å². The van der Waals surface area contributed by atoms with Crippen LogP contribution in [0.5, 0.6) is 0 Å². The number of carbonyl (C=O) groups is 1. The molecule has 0 aliphatic rings. The molecule has 2 aromatic rings. The van der Waals surface area contributed by atoms with Crippen LogP contribution in [0.15, 0.2) is 45.9 Å². The highest BCUT2D eigenvalue weighted by atomic mass is 35.5. The van der Waals surface area contributed by atoms with Crippen molar-refractivity contribution in [3.8, 4) is 0 Å². The van der Waals surface area contributed by atoms with Gasteiger partial charge in [0.1, 0.15) is 10.7 Å². The van der Waals surface area contributed by atoms with E-state index in [-0.39, 0.29) is 22.0 Å². The molecule has 21 heavy (non-hydrogen) atoms. The highest BCUT2D eigenvalue weighted by Gasteiger charge is 2.20. The topological polar surface area (TPSA) is 85.6 Å². The molecule has 0 atom stereocenters. The van der Waals surface area contributed by atoms with E-state index in [1.807, 2.05) is 0 Å². The second kappa shape index (κ2) is 6.30. The van der Waals surface area contributed by atoms with Gasteiger partial charge >= 0.3 is 5.97 Å². The van der Waals surface area contributed by atoms with Gasteiger partial charge in [-0.15, -0.1) is 0 Å². The van der Waals surface area contributed by atoms with E-state index in [4.69, 9.17) is 16.0 Å². The summed E-state index contributed by atoms with van der Waals surface area (Å²) >= 11 is 5.89. The Labute approximate surface area is 126 Å². The van der Waals surface area contributed by atoms with Gasteiger partial charge in [-0.1, -0.05) is 11.6 Å². The van der Waals surface area contributed by atoms with Crippen LogP contribution in [-0.2, 0) is 21.3 Å². The first kappa shape index (κ1) is 15.6. The number of rotatable bonds is 5. The summed E-state index contributed by atoms with van der Waals surface area (Å²) < 4.78 is 36.4. The monoisotopic (exact) mass is 329 g/mol. The van der Waals surface area contributed by atoms with Crippen LogP contribution in [0.4, 0.5) is 0 Å². The van der Waals surface area contributed by atoms with Crippen molar-refractivity contribution in [2.24, 2.45) is 0 Å². The number of hydrogen-bond donors (Lipinski definition) is 1. The van der Waals surface area contributed by atoms with Gasteiger partial charge in [-0.25, -0.2) is 17.9 Å². The molecule has 0 unspecified atom stereocenters. The van der Waals surface area contributed by atoms with Crippen LogP contribution in [0.25, 0.3) is 0 Å². The van der Waals surface area contributed by atoms with Gasteiger partial charge in [0, 0.05) is 0 Å². The van der Waals surface area contributed by atoms with Crippen LogP contribution in [0.2, 0.25) is 5.02 Å². The number of hydrogen-bond acceptors (Lipinski definition) is 5. The maximum Gasteiger partial charge on any atom is 0.337 e. The van der Waals surface area contributed by atoms with Gasteiger partial charge in [0.05, 0.1) is 30.5 Å². The van der Waals surface area contributed by atoms with Crippen LogP contribution in [0.3, 0.4) is 0 Å². The van der Waals surface area contributed by atoms with Crippen molar-refractivity contribution < 1.29 is 22.4 Å². The van der Waals surface area contributed by atoms with E-state index in [2.05, 4.69) is 9.46 Å². The summed E-state index contributed by atoms with van der Waals surface area (Å²) in [5, 5.41) is 0.00889. The number of sulfonamides is 1. The minimum atomic E-state index is -3.88. The number of nitrogens with one attached hydrogen (secondary N) is 1. The molecule has 0 spiro atoms. The Bertz CT molecular complexity index is 740. The first-order chi connectivity index (χ1) is 9.94. The van der Waals surface area contributed by atoms with Crippen molar-refractivity contribution in [2.75, 3.05) is 7.11 Å². The van der Waals surface area contributed by atoms with Gasteiger partial charge in [-0.2, -0.15) is 0 Å². The van der Waals surface area contributed by atoms with E-state index in [9.17, 15) is 13.2 Å². The van der Waals surface area contributed by atoms with Gasteiger partial charge < -0.3 is 9.15 Å². The largest absolute Gasteiger partial charge is 0.468 e. The summed E-state index contributed by atoms with van der Waals surface area (Å²) in [5.41, 5.74) is 0.0975. The second-order valence-corrected chi connectivity index (χ2v) is 6.18. The molecule has 112 valence electrons. The Morgan fingerprint density at radius 1 is 1.38 bits per heavy atom. The molecule has 0 radical (unpaired) electrons. The van der Waals surface area contributed by atoms with Crippen LogP contribution in [-0.4, -0.2) is 21.5 Å². The first-order valence-electron chi connectivity index (χ1n) is 5.84. The lowest BCUT2D eigenvalue weighted by Crippen LogP contribution is -2.23. The SMILES string of the molecule is COC(=O)c1ccc(Cl)c(S(=O)(=O)NCc2ccco2)c1. The number of ether oxygens (including phenoxy) is 1. The van der Waals surface area contributed by atoms with Gasteiger partial charge in [0.25, 0.3) is 0 Å². The summed E-state index contributed by atoms with van der Waals surface area (Å²) in [5.74, 6) is -0.187. The molecule has 0 saturated carbocycles. The second-order valence-electron chi connectivity index (χ2n) is 4.04. The smallest absolute Gasteiger partial charge is 0.337 e. The van der Waals surface area contributed by atoms with E-state index in [0.29, 0.717) is 5.76 Å². The number of methoxy groups -OCH3 is 1. The quantitative estimate of drug-likeness (QED) is 0.850. The van der Waals surface area contributed by atoms with E-state index >= 15 is 0 Å². The predicted molar refractivity (Wildman–Crippen MR) is 75.5 cm³/mol. The Balaban J connectivity index is 2.28. The minimum Gasteiger partial charge on any atom is -0.468 e. The summed E-state index contributed by atoms with van der Waals surface area (Å²) in [6.07, 6.45) is 1.44. The predicted octanol–water partition coefficient (Wildman–Crippen LogP) is 2.20. The normalized spacial score (nSPS) is 11.3. The average Bonchev–Trinajstić information content (AvgIpc) is 2.98. The first-order valence-corrected chi connectivity index (χ1v) is 7.70. The van der Waals surface area contributed by atoms with Crippen LogP contribution in [0, 0.1) is 0 Å². The molecular weight excluding hydrogens is 318 g/mol. The van der Waals surface area contributed by atoms with Crippen molar-refractivity contribution in [3.05, 3.63) is 52.9 Å². The third-order valence-electron chi connectivity index (χ3n) is 2.66. The number of furan rings is 1. The Hall–Kier alpha value is -1.83. The van der Waals surface area contributed by atoms with Crippen molar-refractivity contribution in [3.63, 3.8) is 0 Å². The maximum atomic E-state index is 12.2. The number of halogens is 1. The van der Waals surface area contributed by atoms with E-state index in [1.54, 1.807) is 12.1 Å². The minimum absolute atomic E-state index is 0.00889. The van der Waals surface area contributed by atoms with Gasteiger partial charge in [0.15, 0.2) is 0 Å². The van der Waals surface area contributed by atoms with Crippen LogP contribution >= 0.6 is 11.6 Å². The number of esters is 1. The molecule has 0 bridgehead atoms. The lowest BCUT2D eigenvalue weighted by Gasteiger charge is -2.09. The lowest BCUT2D eigenvalue weighted by atomic mass is 10.2. The molecule has 2 rings (SSSR count). The molecule has 1 heterocycles. The number of carbonyl (C=O) groups excluding carboxylic acids is 1. The van der Waals surface area contributed by atoms with Crippen LogP contribution in [0.1, 0.15) is 16.1 Å². The zero-order chi connectivity index (χ0) is 15.5. The van der Waals surface area contributed by atoms with E-state index < -0.39 is 16.0 Å². The average molecular weight is 330 g/mol. The highest BCUT2D eigenvalue weighted by molar-refractivity contribution is 7.89. The van der Waals surface area contributed by atoms with Crippen molar-refractivity contribution in [2.45, 2.75) is 11.4 Å². The van der Waals surface area contributed by atoms with Gasteiger partial charge in [-0.3, -0.25) is 0 Å². The molecule has 0 fully saturated rings. The molecule has 8 heteroatoms. The van der Waals surface area contributed by atoms with Gasteiger partial charge in [-0.05, 0) is 30.3 Å². The van der Waals surface area contributed by atoms with Gasteiger partial charge in [0.2, 0.25) is 10.0 Å². The standard InChI is InChI=1S/C13H12ClNO5S/c1-19-13(16)9-4-5-11(14)12(7-9)21(17,18)15-8-10-3-2-6-20-10/h2-7,15H,8H2,1H3. The molecule has 0 aliphatic heterocycles. The van der Waals surface area contributed by atoms with E-state index in [0.717, 1.165) is 0 Å². The molecular formula is C13H12ClNO5S. The molecule has 1 N–H and O–H groups in total. The summed E-state index contributed by atoms with van der Waals surface area (Å²) in [4.78, 5) is 11.3. The fourth-order valence-electron chi connectivity index (χ4n) is 1.61. The third-order valence-corrected chi connectivity index (χ3v) is 4.54. The zero-order valence-corrected chi connectivity index (χ0v) is 12.6. The molecule has 6 nitrogen and oxygen atoms in total. The van der Waals surface area contributed by atoms with Crippen LogP contribution < -0.4 is 4.72 Å². The van der Waals surface area contributed by atoms with Crippen molar-refractivity contribution in [1.82, 2.24) is 4.72 Å². The number of benzene rings is 1. The highest BCUT2D eigenvalue weighted by Crippen LogP contribution is 2.23. The fraction of sp³-hybridized carbons (Fsp3) is 0.154. The molecule has 0 saturated heterocycles. The van der Waals surface area contributed by atoms with E-state index in [1.165, 1.54) is 31.6 Å². The zero-order valence-electron chi connectivity index (χ0n) is 11.0. The molecule has 1 aromatic heterocycles. The summed E-state index contributed by atoms with van der Waals surface area (Å²) in [7, 11) is -2.67. The summed E-state index contributed by atoms with van der Waals surface area (Å²) in [6, 6.07) is 7.16. The lowest BCUT2D eigenvalue weighted by molar-refractivity contribution is 0.0600. The Morgan fingerprint density at radius 3 is 2.76 bits per heavy atom. The molecule has 0 aliphatic carbocycles. The Kier molecular flexibility index (Phi) is 4.66. The maximum absolute atomic E-state index is 12.2. The van der Waals surface area contributed by atoms with Crippen molar-refractivity contribution in [1.29, 1.82) is 0 Å². The fourth-order valence-corrected chi connectivity index (χ4v) is 3.13.